The number of amides is 2. The second-order valence-corrected chi connectivity index (χ2v) is 12.1. The van der Waals surface area contributed by atoms with E-state index in [1.165, 1.54) is 5.56 Å². The van der Waals surface area contributed by atoms with E-state index in [1.54, 1.807) is 23.5 Å². The highest BCUT2D eigenvalue weighted by molar-refractivity contribution is 5.92. The lowest BCUT2D eigenvalue weighted by Crippen LogP contribution is -2.65. The van der Waals surface area contributed by atoms with E-state index < -0.39 is 5.54 Å². The van der Waals surface area contributed by atoms with Crippen molar-refractivity contribution in [1.29, 1.82) is 5.26 Å². The first kappa shape index (κ1) is 25.5. The topological polar surface area (TPSA) is 110 Å². The molecule has 1 saturated carbocycles. The van der Waals surface area contributed by atoms with E-state index >= 15 is 0 Å². The molecule has 204 valence electrons. The molecule has 0 radical (unpaired) electrons. The van der Waals surface area contributed by atoms with Crippen molar-refractivity contribution in [3.63, 3.8) is 0 Å². The predicted octanol–water partition coefficient (Wildman–Crippen LogP) is 3.14. The molecule has 0 N–H and O–H groups in total. The summed E-state index contributed by atoms with van der Waals surface area (Å²) in [4.78, 5) is 48.6. The van der Waals surface area contributed by atoms with Crippen LogP contribution in [0.2, 0.25) is 0 Å². The summed E-state index contributed by atoms with van der Waals surface area (Å²) in [5, 5.41) is 9.44. The number of fused-ring (bicyclic) bond motifs is 2. The van der Waals surface area contributed by atoms with Crippen molar-refractivity contribution in [2.75, 3.05) is 36.0 Å². The molecule has 2 aromatic heterocycles. The summed E-state index contributed by atoms with van der Waals surface area (Å²) in [6.45, 7) is 10.6. The van der Waals surface area contributed by atoms with Crippen LogP contribution in [0.1, 0.15) is 70.9 Å². The highest BCUT2D eigenvalue weighted by atomic mass is 16.2. The third kappa shape index (κ3) is 3.93. The number of nitrogens with zero attached hydrogens (tertiary/aromatic N) is 8. The Morgan fingerprint density at radius 3 is 2.54 bits per heavy atom. The summed E-state index contributed by atoms with van der Waals surface area (Å²) in [5.41, 5.74) is 0.848. The van der Waals surface area contributed by atoms with Crippen LogP contribution in [-0.4, -0.2) is 80.4 Å². The second kappa shape index (κ2) is 9.18. The van der Waals surface area contributed by atoms with E-state index in [-0.39, 0.29) is 29.3 Å². The van der Waals surface area contributed by atoms with Crippen LogP contribution in [0.5, 0.6) is 0 Å². The van der Waals surface area contributed by atoms with Gasteiger partial charge in [-0.05, 0) is 59.1 Å². The van der Waals surface area contributed by atoms with Crippen LogP contribution in [0, 0.1) is 11.3 Å². The number of anilines is 3. The van der Waals surface area contributed by atoms with E-state index in [1.807, 2.05) is 24.8 Å². The number of pyridine rings is 1. The fourth-order valence-electron chi connectivity index (χ4n) is 6.97. The highest BCUT2D eigenvalue weighted by Gasteiger charge is 2.52. The van der Waals surface area contributed by atoms with Crippen molar-refractivity contribution in [2.45, 2.75) is 82.8 Å². The van der Waals surface area contributed by atoms with Crippen LogP contribution >= 0.6 is 0 Å². The van der Waals surface area contributed by atoms with Gasteiger partial charge < -0.3 is 19.6 Å². The number of hydrogen-bond donors (Lipinski definition) is 0. The first-order valence-corrected chi connectivity index (χ1v) is 14.0. The van der Waals surface area contributed by atoms with E-state index in [9.17, 15) is 14.9 Å². The molecule has 3 aliphatic heterocycles. The Hall–Kier alpha value is -3.74. The largest absolute Gasteiger partial charge is 0.350 e. The third-order valence-electron chi connectivity index (χ3n) is 9.31. The number of rotatable bonds is 4. The van der Waals surface area contributed by atoms with Gasteiger partial charge in [0.1, 0.15) is 29.3 Å². The maximum absolute atomic E-state index is 13.8. The molecule has 3 fully saturated rings. The minimum absolute atomic E-state index is 0.00903. The van der Waals surface area contributed by atoms with Crippen molar-refractivity contribution in [1.82, 2.24) is 24.8 Å². The number of piperazine rings is 1. The molecule has 6 rings (SSSR count). The lowest BCUT2D eigenvalue weighted by molar-refractivity contribution is -0.151. The van der Waals surface area contributed by atoms with Gasteiger partial charge >= 0.3 is 0 Å². The quantitative estimate of drug-likeness (QED) is 0.595. The Labute approximate surface area is 229 Å². The SMILES string of the molecule is C[C@@H]1CN(c2ncnc3c2C2(CCC2)CN3c2cc(C#N)ccn2)[C@@H](C)CN1C(=O)C(C)(C)N1CCCC1=O. The van der Waals surface area contributed by atoms with Gasteiger partial charge in [0.05, 0.1) is 11.6 Å². The molecule has 5 heterocycles. The number of likely N-dealkylation sites (tertiary alicyclic amines) is 1. The minimum atomic E-state index is -0.860. The van der Waals surface area contributed by atoms with E-state index in [2.05, 4.69) is 34.7 Å². The van der Waals surface area contributed by atoms with Gasteiger partial charge in [-0.3, -0.25) is 9.59 Å². The van der Waals surface area contributed by atoms with E-state index in [4.69, 9.17) is 9.97 Å². The average Bonchev–Trinajstić information content (AvgIpc) is 3.51. The van der Waals surface area contributed by atoms with Gasteiger partial charge in [0.15, 0.2) is 0 Å². The Kier molecular flexibility index (Phi) is 6.01. The molecule has 0 bridgehead atoms. The third-order valence-corrected chi connectivity index (χ3v) is 9.31. The standard InChI is InChI=1S/C29H36N8O2/c1-19-16-35(27(39)28(3,4)37-12-5-7-23(37)38)20(2)15-34(19)25-24-26(33-18-32-25)36(17-29(24)9-6-10-29)22-13-21(14-30)8-11-31-22/h8,11,13,18-20H,5-7,9-10,12,15-17H2,1-4H3/t19-,20+/m0/s1. The monoisotopic (exact) mass is 528 g/mol. The Morgan fingerprint density at radius 1 is 1.10 bits per heavy atom. The first-order valence-electron chi connectivity index (χ1n) is 14.0. The van der Waals surface area contributed by atoms with Crippen molar-refractivity contribution < 1.29 is 9.59 Å². The molecule has 2 amide bonds. The van der Waals surface area contributed by atoms with Crippen LogP contribution in [0.25, 0.3) is 0 Å². The fraction of sp³-hybridized carbons (Fsp3) is 0.586. The van der Waals surface area contributed by atoms with E-state index in [0.717, 1.165) is 49.7 Å². The smallest absolute Gasteiger partial charge is 0.248 e. The highest BCUT2D eigenvalue weighted by Crippen LogP contribution is 2.56. The number of hydrogen-bond acceptors (Lipinski definition) is 8. The van der Waals surface area contributed by atoms with Gasteiger partial charge in [-0.25, -0.2) is 15.0 Å². The van der Waals surface area contributed by atoms with Crippen LogP contribution in [0.4, 0.5) is 17.5 Å². The van der Waals surface area contributed by atoms with Gasteiger partial charge in [-0.2, -0.15) is 5.26 Å². The zero-order chi connectivity index (χ0) is 27.5. The van der Waals surface area contributed by atoms with Gasteiger partial charge in [0, 0.05) is 61.9 Å². The molecule has 4 aliphatic rings. The Balaban J connectivity index is 1.31. The molecule has 39 heavy (non-hydrogen) atoms. The summed E-state index contributed by atoms with van der Waals surface area (Å²) in [5.74, 6) is 2.62. The number of carbonyl (C=O) groups is 2. The van der Waals surface area contributed by atoms with Crippen LogP contribution in [-0.2, 0) is 15.0 Å². The van der Waals surface area contributed by atoms with Gasteiger partial charge in [0.25, 0.3) is 0 Å². The number of aromatic nitrogens is 3. The summed E-state index contributed by atoms with van der Waals surface area (Å²) in [7, 11) is 0. The Morgan fingerprint density at radius 2 is 1.87 bits per heavy atom. The number of nitriles is 1. The summed E-state index contributed by atoms with van der Waals surface area (Å²) in [6.07, 6.45) is 7.92. The van der Waals surface area contributed by atoms with Gasteiger partial charge in [0.2, 0.25) is 11.8 Å². The average molecular weight is 529 g/mol. The van der Waals surface area contributed by atoms with Crippen molar-refractivity contribution in [3.05, 3.63) is 35.8 Å². The van der Waals surface area contributed by atoms with Crippen molar-refractivity contribution in [3.8, 4) is 6.07 Å². The molecular weight excluding hydrogens is 492 g/mol. The molecule has 1 aliphatic carbocycles. The number of carbonyl (C=O) groups excluding carboxylic acids is 2. The molecule has 2 atom stereocenters. The van der Waals surface area contributed by atoms with Crippen molar-refractivity contribution in [2.24, 2.45) is 0 Å². The summed E-state index contributed by atoms with van der Waals surface area (Å²) in [6, 6.07) is 5.76. The van der Waals surface area contributed by atoms with Gasteiger partial charge in [-0.1, -0.05) is 6.42 Å². The molecule has 0 aromatic carbocycles. The molecular formula is C29H36N8O2. The molecule has 10 nitrogen and oxygen atoms in total. The van der Waals surface area contributed by atoms with Crippen LogP contribution < -0.4 is 9.80 Å². The molecule has 2 aromatic rings. The second-order valence-electron chi connectivity index (χ2n) is 12.1. The Bertz CT molecular complexity index is 1360. The minimum Gasteiger partial charge on any atom is -0.350 e. The zero-order valence-corrected chi connectivity index (χ0v) is 23.2. The molecule has 2 saturated heterocycles. The van der Waals surface area contributed by atoms with Gasteiger partial charge in [-0.15, -0.1) is 0 Å². The maximum atomic E-state index is 13.8. The van der Waals surface area contributed by atoms with Crippen LogP contribution in [0.15, 0.2) is 24.7 Å². The summed E-state index contributed by atoms with van der Waals surface area (Å²) < 4.78 is 0. The first-order chi connectivity index (χ1) is 18.7. The van der Waals surface area contributed by atoms with E-state index in [0.29, 0.717) is 31.6 Å². The lowest BCUT2D eigenvalue weighted by Gasteiger charge is -2.49. The normalized spacial score (nSPS) is 24.1. The molecule has 10 heteroatoms. The summed E-state index contributed by atoms with van der Waals surface area (Å²) >= 11 is 0. The fourth-order valence-corrected chi connectivity index (χ4v) is 6.97. The lowest BCUT2D eigenvalue weighted by atomic mass is 9.66. The van der Waals surface area contributed by atoms with Crippen molar-refractivity contribution >= 4 is 29.3 Å². The predicted molar refractivity (Wildman–Crippen MR) is 147 cm³/mol. The van der Waals surface area contributed by atoms with Crippen LogP contribution in [0.3, 0.4) is 0 Å². The molecule has 1 spiro atoms. The maximum Gasteiger partial charge on any atom is 0.248 e. The zero-order valence-electron chi connectivity index (χ0n) is 23.2. The molecule has 0 unspecified atom stereocenters.